The third kappa shape index (κ3) is 3.43. The number of rotatable bonds is 0. The maximum atomic E-state index is 13.5. The van der Waals surface area contributed by atoms with Gasteiger partial charge in [-0.3, -0.25) is 0 Å². The van der Waals surface area contributed by atoms with E-state index in [0.29, 0.717) is 61.5 Å². The quantitative estimate of drug-likeness (QED) is 0.156. The van der Waals surface area contributed by atoms with Crippen molar-refractivity contribution in [3.63, 3.8) is 0 Å². The number of nitrogens with zero attached hydrogens (tertiary/aromatic N) is 7. The van der Waals surface area contributed by atoms with E-state index in [9.17, 15) is 29.0 Å². The number of aryl methyl sites for hydroxylation is 1. The third-order valence-electron chi connectivity index (χ3n) is 7.22. The molecule has 0 atom stereocenters. The molecule has 0 aliphatic heterocycles. The first-order valence-corrected chi connectivity index (χ1v) is 12.2. The van der Waals surface area contributed by atoms with Gasteiger partial charge in [0.2, 0.25) is 0 Å². The summed E-state index contributed by atoms with van der Waals surface area (Å²) in [5, 5.41) is 28.7. The van der Waals surface area contributed by atoms with Crippen LogP contribution < -0.4 is 0 Å². The Hall–Kier alpha value is -5.92. The number of alkyl halides is 3. The summed E-state index contributed by atoms with van der Waals surface area (Å²) in [6.07, 6.45) is -3.38. The smallest absolute Gasteiger partial charge is 0.244 e. The molecule has 3 aromatic carbocycles. The SMILES string of the molecule is Cc1ccc2c(c1)C(=C(C#N)C#N)c1nc3cc4nc5c(nc4cc3nc1-2)-c1ccc(C(F)(F)F)cc1C5=CC#N. The van der Waals surface area contributed by atoms with Crippen molar-refractivity contribution >= 4 is 33.2 Å². The highest BCUT2D eigenvalue weighted by molar-refractivity contribution is 6.05. The molecule has 0 spiro atoms. The average Bonchev–Trinajstić information content (AvgIpc) is 3.41. The Kier molecular flexibility index (Phi) is 4.88. The Morgan fingerprint density at radius 2 is 1.24 bits per heavy atom. The van der Waals surface area contributed by atoms with E-state index in [1.165, 1.54) is 12.1 Å². The van der Waals surface area contributed by atoms with E-state index in [4.69, 9.17) is 19.9 Å². The maximum Gasteiger partial charge on any atom is 0.416 e. The Labute approximate surface area is 229 Å². The zero-order chi connectivity index (χ0) is 28.6. The zero-order valence-electron chi connectivity index (χ0n) is 21.0. The lowest BCUT2D eigenvalue weighted by Crippen LogP contribution is -2.05. The number of benzene rings is 3. The molecule has 0 fully saturated rings. The molecule has 10 heteroatoms. The Morgan fingerprint density at radius 1 is 0.683 bits per heavy atom. The summed E-state index contributed by atoms with van der Waals surface area (Å²) in [6, 6.07) is 18.2. The highest BCUT2D eigenvalue weighted by Crippen LogP contribution is 2.47. The fourth-order valence-corrected chi connectivity index (χ4v) is 5.42. The average molecular weight is 539 g/mol. The van der Waals surface area contributed by atoms with E-state index >= 15 is 0 Å². The molecule has 7 nitrogen and oxygen atoms in total. The van der Waals surface area contributed by atoms with Gasteiger partial charge in [0.15, 0.2) is 0 Å². The van der Waals surface area contributed by atoms with Crippen LogP contribution >= 0.6 is 0 Å². The summed E-state index contributed by atoms with van der Waals surface area (Å²) >= 11 is 0. The summed E-state index contributed by atoms with van der Waals surface area (Å²) in [5.41, 5.74) is 6.20. The molecule has 0 amide bonds. The summed E-state index contributed by atoms with van der Waals surface area (Å²) < 4.78 is 40.4. The van der Waals surface area contributed by atoms with Crippen LogP contribution in [-0.4, -0.2) is 19.9 Å². The van der Waals surface area contributed by atoms with E-state index in [2.05, 4.69) is 0 Å². The second-order valence-corrected chi connectivity index (χ2v) is 9.64. The number of allylic oxidation sites excluding steroid dienone is 2. The van der Waals surface area contributed by atoms with Crippen molar-refractivity contribution in [2.45, 2.75) is 13.1 Å². The monoisotopic (exact) mass is 539 g/mol. The van der Waals surface area contributed by atoms with Crippen molar-refractivity contribution < 1.29 is 13.2 Å². The van der Waals surface area contributed by atoms with Crippen molar-refractivity contribution in [3.05, 3.63) is 93.8 Å². The molecule has 0 saturated carbocycles. The van der Waals surface area contributed by atoms with E-state index in [-0.39, 0.29) is 16.7 Å². The van der Waals surface area contributed by atoms with Gasteiger partial charge in [0, 0.05) is 28.3 Å². The van der Waals surface area contributed by atoms with Crippen LogP contribution in [0.2, 0.25) is 0 Å². The van der Waals surface area contributed by atoms with Gasteiger partial charge in [-0.2, -0.15) is 29.0 Å². The number of hydrogen-bond donors (Lipinski definition) is 0. The molecule has 0 saturated heterocycles. The number of halogens is 3. The van der Waals surface area contributed by atoms with E-state index in [1.54, 1.807) is 12.1 Å². The van der Waals surface area contributed by atoms with Crippen molar-refractivity contribution in [2.75, 3.05) is 0 Å². The van der Waals surface area contributed by atoms with Crippen LogP contribution in [0.1, 0.15) is 33.6 Å². The van der Waals surface area contributed by atoms with E-state index in [0.717, 1.165) is 23.3 Å². The van der Waals surface area contributed by atoms with Gasteiger partial charge >= 0.3 is 6.18 Å². The molecular weight excluding hydrogens is 527 g/mol. The number of nitriles is 3. The van der Waals surface area contributed by atoms with Gasteiger partial charge in [0.25, 0.3) is 0 Å². The van der Waals surface area contributed by atoms with Gasteiger partial charge in [0.05, 0.1) is 56.5 Å². The number of aromatic nitrogens is 4. The Morgan fingerprint density at radius 3 is 1.85 bits per heavy atom. The minimum Gasteiger partial charge on any atom is -0.244 e. The van der Waals surface area contributed by atoms with Gasteiger partial charge in [0.1, 0.15) is 17.7 Å². The molecule has 7 rings (SSSR count). The van der Waals surface area contributed by atoms with Gasteiger partial charge in [-0.1, -0.05) is 29.8 Å². The lowest BCUT2D eigenvalue weighted by molar-refractivity contribution is -0.137. The van der Waals surface area contributed by atoms with Crippen molar-refractivity contribution in [1.82, 2.24) is 19.9 Å². The second kappa shape index (κ2) is 8.29. The molecule has 2 aromatic heterocycles. The predicted octanol–water partition coefficient (Wildman–Crippen LogP) is 6.67. The van der Waals surface area contributed by atoms with Crippen molar-refractivity contribution in [3.8, 4) is 40.7 Å². The first-order valence-electron chi connectivity index (χ1n) is 12.2. The standard InChI is InChI=1S/C31H12F3N7/c1-14-2-4-18-21(8-14)26(15(12-36)13-37)30-29(18)40-24-10-22-23(11-25(24)41-30)39-28-19(6-7-35)20-9-16(31(32,33)34)3-5-17(20)27(28)38-22/h2-6,8-11H,1H3. The van der Waals surface area contributed by atoms with Crippen LogP contribution in [0.4, 0.5) is 13.2 Å². The van der Waals surface area contributed by atoms with Crippen LogP contribution in [0.15, 0.2) is 60.2 Å². The highest BCUT2D eigenvalue weighted by Gasteiger charge is 2.35. The molecule has 0 unspecified atom stereocenters. The largest absolute Gasteiger partial charge is 0.416 e. The molecule has 0 N–H and O–H groups in total. The van der Waals surface area contributed by atoms with Crippen LogP contribution in [-0.2, 0) is 6.18 Å². The van der Waals surface area contributed by atoms with Crippen molar-refractivity contribution in [1.29, 1.82) is 15.8 Å². The minimum absolute atomic E-state index is 0.0788. The van der Waals surface area contributed by atoms with E-state index < -0.39 is 11.7 Å². The molecule has 0 bridgehead atoms. The first-order chi connectivity index (χ1) is 19.7. The normalized spacial score (nSPS) is 13.8. The Bertz CT molecular complexity index is 2220. The van der Waals surface area contributed by atoms with Crippen LogP contribution in [0.25, 0.3) is 55.7 Å². The van der Waals surface area contributed by atoms with Crippen LogP contribution in [0.3, 0.4) is 0 Å². The molecule has 2 aliphatic rings. The molecular formula is C31H12F3N7. The molecule has 192 valence electrons. The Balaban J connectivity index is 1.48. The third-order valence-corrected chi connectivity index (χ3v) is 7.22. The van der Waals surface area contributed by atoms with Gasteiger partial charge in [-0.15, -0.1) is 0 Å². The topological polar surface area (TPSA) is 123 Å². The summed E-state index contributed by atoms with van der Waals surface area (Å²) in [7, 11) is 0. The summed E-state index contributed by atoms with van der Waals surface area (Å²) in [6.45, 7) is 1.91. The predicted molar refractivity (Wildman–Crippen MR) is 143 cm³/mol. The second-order valence-electron chi connectivity index (χ2n) is 9.64. The van der Waals surface area contributed by atoms with E-state index in [1.807, 2.05) is 43.3 Å². The first kappa shape index (κ1) is 24.1. The van der Waals surface area contributed by atoms with Gasteiger partial charge < -0.3 is 0 Å². The highest BCUT2D eigenvalue weighted by atomic mass is 19.4. The lowest BCUT2D eigenvalue weighted by Gasteiger charge is -2.08. The maximum absolute atomic E-state index is 13.5. The molecule has 41 heavy (non-hydrogen) atoms. The molecule has 0 radical (unpaired) electrons. The van der Waals surface area contributed by atoms with Gasteiger partial charge in [-0.05, 0) is 42.3 Å². The fraction of sp³-hybridized carbons (Fsp3) is 0.0645. The molecule has 2 heterocycles. The summed E-state index contributed by atoms with van der Waals surface area (Å²) in [5.74, 6) is 0. The molecule has 5 aromatic rings. The number of fused-ring (bicyclic) bond motifs is 8. The van der Waals surface area contributed by atoms with Crippen LogP contribution in [0, 0.1) is 40.9 Å². The minimum atomic E-state index is -4.55. The fourth-order valence-electron chi connectivity index (χ4n) is 5.42. The van der Waals surface area contributed by atoms with Crippen LogP contribution in [0.5, 0.6) is 0 Å². The number of hydrogen-bond acceptors (Lipinski definition) is 7. The molecule has 2 aliphatic carbocycles. The van der Waals surface area contributed by atoms with Gasteiger partial charge in [-0.25, -0.2) is 19.9 Å². The summed E-state index contributed by atoms with van der Waals surface area (Å²) in [4.78, 5) is 19.1. The zero-order valence-corrected chi connectivity index (χ0v) is 21.0. The van der Waals surface area contributed by atoms with Crippen molar-refractivity contribution in [2.24, 2.45) is 0 Å². The lowest BCUT2D eigenvalue weighted by atomic mass is 10.00.